The second kappa shape index (κ2) is 7.39. The van der Waals surface area contributed by atoms with Gasteiger partial charge in [-0.15, -0.1) is 10.2 Å². The minimum atomic E-state index is -0.369. The van der Waals surface area contributed by atoms with E-state index in [0.717, 1.165) is 0 Å². The Bertz CT molecular complexity index is 850. The van der Waals surface area contributed by atoms with Crippen LogP contribution in [0, 0.1) is 5.82 Å². The molecule has 0 unspecified atom stereocenters. The summed E-state index contributed by atoms with van der Waals surface area (Å²) >= 11 is 0. The topological polar surface area (TPSA) is 76.1 Å². The van der Waals surface area contributed by atoms with Gasteiger partial charge in [0.1, 0.15) is 11.6 Å². The molecule has 3 rings (SSSR count). The summed E-state index contributed by atoms with van der Waals surface area (Å²) in [5, 5.41) is 13.5. The molecule has 2 N–H and O–H groups in total. The SMILES string of the molecule is COc1ccc(NC(=O)c2ccc(Nc3ccc(F)cc3)nn2)cc1. The van der Waals surface area contributed by atoms with Crippen LogP contribution in [0.15, 0.2) is 60.7 Å². The second-order valence-electron chi connectivity index (χ2n) is 5.12. The van der Waals surface area contributed by atoms with Crippen molar-refractivity contribution in [2.24, 2.45) is 0 Å². The van der Waals surface area contributed by atoms with Crippen molar-refractivity contribution >= 4 is 23.1 Å². The molecule has 1 aromatic heterocycles. The first kappa shape index (κ1) is 16.4. The summed E-state index contributed by atoms with van der Waals surface area (Å²) in [6.45, 7) is 0. The molecule has 0 atom stereocenters. The average molecular weight is 338 g/mol. The molecule has 0 saturated heterocycles. The van der Waals surface area contributed by atoms with E-state index in [1.165, 1.54) is 12.1 Å². The molecule has 0 aliphatic rings. The highest BCUT2D eigenvalue weighted by molar-refractivity contribution is 6.02. The molecule has 0 fully saturated rings. The Balaban J connectivity index is 1.64. The fraction of sp³-hybridized carbons (Fsp3) is 0.0556. The van der Waals surface area contributed by atoms with Crippen LogP contribution in [0.1, 0.15) is 10.5 Å². The van der Waals surface area contributed by atoms with E-state index in [1.807, 2.05) is 0 Å². The Morgan fingerprint density at radius 2 is 1.60 bits per heavy atom. The number of nitrogens with one attached hydrogen (secondary N) is 2. The van der Waals surface area contributed by atoms with Gasteiger partial charge in [0, 0.05) is 11.4 Å². The van der Waals surface area contributed by atoms with Gasteiger partial charge in [-0.1, -0.05) is 0 Å². The van der Waals surface area contributed by atoms with Gasteiger partial charge in [-0.2, -0.15) is 0 Å². The standard InChI is InChI=1S/C18H15FN4O2/c1-25-15-8-6-14(7-9-15)21-18(24)16-10-11-17(23-22-16)20-13-4-2-12(19)3-5-13/h2-11H,1H3,(H,20,23)(H,21,24). The molecule has 6 nitrogen and oxygen atoms in total. The molecule has 1 amide bonds. The summed E-state index contributed by atoms with van der Waals surface area (Å²) in [5.41, 5.74) is 1.48. The number of hydrogen-bond acceptors (Lipinski definition) is 5. The summed E-state index contributed by atoms with van der Waals surface area (Å²) in [6, 6.07) is 16.0. The molecule has 25 heavy (non-hydrogen) atoms. The van der Waals surface area contributed by atoms with Gasteiger partial charge in [-0.3, -0.25) is 4.79 Å². The zero-order valence-corrected chi connectivity index (χ0v) is 13.4. The first-order valence-electron chi connectivity index (χ1n) is 7.46. The quantitative estimate of drug-likeness (QED) is 0.743. The van der Waals surface area contributed by atoms with E-state index in [-0.39, 0.29) is 17.4 Å². The Hall–Kier alpha value is -3.48. The minimum Gasteiger partial charge on any atom is -0.497 e. The van der Waals surface area contributed by atoms with Crippen molar-refractivity contribution in [1.29, 1.82) is 0 Å². The third-order valence-corrected chi connectivity index (χ3v) is 3.36. The highest BCUT2D eigenvalue weighted by Crippen LogP contribution is 2.17. The summed E-state index contributed by atoms with van der Waals surface area (Å²) < 4.78 is 17.9. The smallest absolute Gasteiger partial charge is 0.276 e. The second-order valence-corrected chi connectivity index (χ2v) is 5.12. The molecular weight excluding hydrogens is 323 g/mol. The maximum absolute atomic E-state index is 12.9. The van der Waals surface area contributed by atoms with Crippen LogP contribution in [-0.4, -0.2) is 23.2 Å². The summed E-state index contributed by atoms with van der Waals surface area (Å²) in [4.78, 5) is 12.2. The molecule has 0 radical (unpaired) electrons. The Kier molecular flexibility index (Phi) is 4.84. The van der Waals surface area contributed by atoms with Crippen molar-refractivity contribution < 1.29 is 13.9 Å². The van der Waals surface area contributed by atoms with Gasteiger partial charge in [0.15, 0.2) is 11.5 Å². The number of amides is 1. The zero-order valence-electron chi connectivity index (χ0n) is 13.4. The third kappa shape index (κ3) is 4.29. The third-order valence-electron chi connectivity index (χ3n) is 3.36. The number of carbonyl (C=O) groups is 1. The monoisotopic (exact) mass is 338 g/mol. The number of rotatable bonds is 5. The molecule has 0 saturated carbocycles. The van der Waals surface area contributed by atoms with Crippen molar-refractivity contribution in [2.45, 2.75) is 0 Å². The number of carbonyl (C=O) groups excluding carboxylic acids is 1. The van der Waals surface area contributed by atoms with Crippen molar-refractivity contribution in [1.82, 2.24) is 10.2 Å². The Morgan fingerprint density at radius 1 is 0.920 bits per heavy atom. The lowest BCUT2D eigenvalue weighted by atomic mass is 10.3. The van der Waals surface area contributed by atoms with Crippen molar-refractivity contribution in [2.75, 3.05) is 17.7 Å². The Morgan fingerprint density at radius 3 is 2.20 bits per heavy atom. The van der Waals surface area contributed by atoms with Crippen LogP contribution in [-0.2, 0) is 0 Å². The van der Waals surface area contributed by atoms with Gasteiger partial charge in [0.05, 0.1) is 7.11 Å². The molecule has 3 aromatic rings. The summed E-state index contributed by atoms with van der Waals surface area (Å²) in [5.74, 6) is 0.467. The lowest BCUT2D eigenvalue weighted by Gasteiger charge is -2.07. The molecular formula is C18H15FN4O2. The molecule has 0 spiro atoms. The predicted octanol–water partition coefficient (Wildman–Crippen LogP) is 3.62. The van der Waals surface area contributed by atoms with Crippen molar-refractivity contribution in [3.8, 4) is 5.75 Å². The highest BCUT2D eigenvalue weighted by atomic mass is 19.1. The molecule has 0 aliphatic carbocycles. The molecule has 2 aromatic carbocycles. The number of halogens is 1. The average Bonchev–Trinajstić information content (AvgIpc) is 2.65. The van der Waals surface area contributed by atoms with E-state index in [2.05, 4.69) is 20.8 Å². The lowest BCUT2D eigenvalue weighted by Crippen LogP contribution is -2.14. The zero-order chi connectivity index (χ0) is 17.6. The van der Waals surface area contributed by atoms with Crippen molar-refractivity contribution in [3.05, 3.63) is 72.2 Å². The van der Waals surface area contributed by atoms with E-state index in [1.54, 1.807) is 55.6 Å². The number of nitrogens with zero attached hydrogens (tertiary/aromatic N) is 2. The van der Waals surface area contributed by atoms with Crippen LogP contribution in [0.25, 0.3) is 0 Å². The minimum absolute atomic E-state index is 0.181. The van der Waals surface area contributed by atoms with Gasteiger partial charge < -0.3 is 15.4 Å². The molecule has 1 heterocycles. The highest BCUT2D eigenvalue weighted by Gasteiger charge is 2.09. The van der Waals surface area contributed by atoms with Gasteiger partial charge in [-0.05, 0) is 60.7 Å². The van der Waals surface area contributed by atoms with Gasteiger partial charge in [-0.25, -0.2) is 4.39 Å². The van der Waals surface area contributed by atoms with E-state index in [0.29, 0.717) is 22.9 Å². The van der Waals surface area contributed by atoms with E-state index in [9.17, 15) is 9.18 Å². The van der Waals surface area contributed by atoms with E-state index >= 15 is 0 Å². The van der Waals surface area contributed by atoms with E-state index < -0.39 is 0 Å². The summed E-state index contributed by atoms with van der Waals surface area (Å²) in [7, 11) is 1.57. The van der Waals surface area contributed by atoms with Gasteiger partial charge >= 0.3 is 0 Å². The number of hydrogen-bond donors (Lipinski definition) is 2. The maximum Gasteiger partial charge on any atom is 0.276 e. The normalized spacial score (nSPS) is 10.2. The van der Waals surface area contributed by atoms with Crippen LogP contribution >= 0.6 is 0 Å². The molecule has 126 valence electrons. The predicted molar refractivity (Wildman–Crippen MR) is 92.7 cm³/mol. The van der Waals surface area contributed by atoms with Gasteiger partial charge in [0.2, 0.25) is 0 Å². The number of aromatic nitrogens is 2. The van der Waals surface area contributed by atoms with E-state index in [4.69, 9.17) is 4.74 Å². The maximum atomic E-state index is 12.9. The fourth-order valence-corrected chi connectivity index (χ4v) is 2.07. The van der Waals surface area contributed by atoms with Crippen LogP contribution in [0.2, 0.25) is 0 Å². The lowest BCUT2D eigenvalue weighted by molar-refractivity contribution is 0.102. The number of benzene rings is 2. The first-order chi connectivity index (χ1) is 12.1. The van der Waals surface area contributed by atoms with Crippen LogP contribution in [0.5, 0.6) is 5.75 Å². The molecule has 0 bridgehead atoms. The van der Waals surface area contributed by atoms with Gasteiger partial charge in [0.25, 0.3) is 5.91 Å². The number of anilines is 3. The largest absolute Gasteiger partial charge is 0.497 e. The van der Waals surface area contributed by atoms with Crippen LogP contribution in [0.3, 0.4) is 0 Å². The first-order valence-corrected chi connectivity index (χ1v) is 7.46. The van der Waals surface area contributed by atoms with Crippen molar-refractivity contribution in [3.63, 3.8) is 0 Å². The number of ether oxygens (including phenoxy) is 1. The Labute approximate surface area is 143 Å². The van der Waals surface area contributed by atoms with Crippen LogP contribution in [0.4, 0.5) is 21.6 Å². The number of methoxy groups -OCH3 is 1. The summed E-state index contributed by atoms with van der Waals surface area (Å²) in [6.07, 6.45) is 0. The molecule has 0 aliphatic heterocycles. The van der Waals surface area contributed by atoms with Crippen LogP contribution < -0.4 is 15.4 Å². The molecule has 7 heteroatoms. The fourth-order valence-electron chi connectivity index (χ4n) is 2.07.